The Balaban J connectivity index is 1.30. The van der Waals surface area contributed by atoms with Gasteiger partial charge in [-0.05, 0) is 75.8 Å². The third kappa shape index (κ3) is 8.90. The molecular formula is C38H49ClF3N5O10S. The van der Waals surface area contributed by atoms with E-state index in [9.17, 15) is 40.8 Å². The molecule has 0 radical (unpaired) electrons. The quantitative estimate of drug-likeness (QED) is 0.218. The number of nitrogens with one attached hydrogen (secondary N) is 3. The molecule has 1 aliphatic heterocycles. The van der Waals surface area contributed by atoms with Crippen LogP contribution in [0.3, 0.4) is 0 Å². The highest BCUT2D eigenvalue weighted by Crippen LogP contribution is 2.49. The molecule has 4 fully saturated rings. The molecule has 58 heavy (non-hydrogen) atoms. The van der Waals surface area contributed by atoms with Gasteiger partial charge in [-0.15, -0.1) is 0 Å². The number of carbonyl (C=O) groups is 4. The van der Waals surface area contributed by atoms with E-state index in [1.165, 1.54) is 6.07 Å². The number of alkyl carbamates (subject to hydrolysis) is 1. The van der Waals surface area contributed by atoms with Gasteiger partial charge < -0.3 is 29.7 Å². The van der Waals surface area contributed by atoms with Crippen LogP contribution in [0.2, 0.25) is 5.02 Å². The molecule has 4 amide bonds. The summed E-state index contributed by atoms with van der Waals surface area (Å²) in [5, 5.41) is 5.86. The second-order valence-corrected chi connectivity index (χ2v) is 18.6. The lowest BCUT2D eigenvalue weighted by molar-refractivity contribution is -0.284. The number of pyridine rings is 1. The lowest BCUT2D eigenvalue weighted by Crippen LogP contribution is -2.61. The Morgan fingerprint density at radius 2 is 1.78 bits per heavy atom. The van der Waals surface area contributed by atoms with Crippen LogP contribution >= 0.6 is 11.6 Å². The van der Waals surface area contributed by atoms with Gasteiger partial charge >= 0.3 is 22.6 Å². The molecule has 15 nitrogen and oxygen atoms in total. The van der Waals surface area contributed by atoms with E-state index in [1.54, 1.807) is 59.7 Å². The van der Waals surface area contributed by atoms with Crippen molar-refractivity contribution in [2.75, 3.05) is 13.2 Å². The number of para-hydroxylation sites is 1. The van der Waals surface area contributed by atoms with Gasteiger partial charge in [-0.25, -0.2) is 18.7 Å². The number of amides is 4. The highest BCUT2D eigenvalue weighted by Gasteiger charge is 2.63. The zero-order valence-electron chi connectivity index (χ0n) is 33.1. The number of nitrogens with zero attached hydrogens (tertiary/aromatic N) is 2. The highest BCUT2D eigenvalue weighted by molar-refractivity contribution is 7.85. The molecule has 1 aromatic heterocycles. The van der Waals surface area contributed by atoms with E-state index in [2.05, 4.69) is 15.6 Å². The predicted octanol–water partition coefficient (Wildman–Crippen LogP) is 5.48. The van der Waals surface area contributed by atoms with E-state index in [0.29, 0.717) is 35.2 Å². The first-order valence-electron chi connectivity index (χ1n) is 19.3. The van der Waals surface area contributed by atoms with Crippen molar-refractivity contribution < 1.29 is 59.2 Å². The summed E-state index contributed by atoms with van der Waals surface area (Å²) in [6.07, 6.45) is -6.55. The Morgan fingerprint density at radius 1 is 1.09 bits per heavy atom. The lowest BCUT2D eigenvalue weighted by Gasteiger charge is -2.42. The van der Waals surface area contributed by atoms with Gasteiger partial charge in [0, 0.05) is 17.9 Å². The van der Waals surface area contributed by atoms with E-state index in [1.807, 2.05) is 4.72 Å². The van der Waals surface area contributed by atoms with E-state index in [4.69, 9.17) is 30.0 Å². The second-order valence-electron chi connectivity index (χ2n) is 16.9. The number of halogens is 4. The zero-order valence-corrected chi connectivity index (χ0v) is 34.7. The fourth-order valence-corrected chi connectivity index (χ4v) is 8.84. The van der Waals surface area contributed by atoms with Gasteiger partial charge in [0.25, 0.3) is 5.91 Å². The lowest BCUT2D eigenvalue weighted by atomic mass is 9.79. The maximum absolute atomic E-state index is 14.6. The molecule has 4 aliphatic rings. The number of hydrogen-bond acceptors (Lipinski definition) is 11. The van der Waals surface area contributed by atoms with Crippen LogP contribution < -0.4 is 24.8 Å². The number of aromatic nitrogens is 1. The molecule has 1 saturated heterocycles. The zero-order chi connectivity index (χ0) is 42.6. The van der Waals surface area contributed by atoms with Crippen LogP contribution in [0.5, 0.6) is 11.6 Å². The molecule has 2 heterocycles. The largest absolute Gasteiger partial charge is 0.488 e. The SMILES string of the molecule is CCOc1cc(O[C@@H]2C[C@@H](C(=O)N[C@]3(C(=O)NS(=O)(=O)OC4(C)CC4)C[C@H]3CC)N(C(=O)[C@@H](NC(=O)OC3(C(F)(F)F)CCC3)C(C)(C)C)C2)c2cccc(Cl)c2n1. The summed E-state index contributed by atoms with van der Waals surface area (Å²) in [5.74, 6) is -2.67. The first kappa shape index (κ1) is 43.5. The van der Waals surface area contributed by atoms with Crippen molar-refractivity contribution in [1.82, 2.24) is 25.2 Å². The highest BCUT2D eigenvalue weighted by atomic mass is 35.5. The Kier molecular flexibility index (Phi) is 11.6. The summed E-state index contributed by atoms with van der Waals surface area (Å²) >= 11 is 6.47. The molecule has 3 aliphatic carbocycles. The Morgan fingerprint density at radius 3 is 2.33 bits per heavy atom. The summed E-state index contributed by atoms with van der Waals surface area (Å²) in [6, 6.07) is 3.70. The summed E-state index contributed by atoms with van der Waals surface area (Å²) in [5.41, 5.74) is -6.03. The average molecular weight is 860 g/mol. The molecular weight excluding hydrogens is 811 g/mol. The molecule has 3 N–H and O–H groups in total. The summed E-state index contributed by atoms with van der Waals surface area (Å²) in [7, 11) is -4.54. The Bertz CT molecular complexity index is 2070. The van der Waals surface area contributed by atoms with E-state index >= 15 is 0 Å². The fraction of sp³-hybridized carbons (Fsp3) is 0.658. The van der Waals surface area contributed by atoms with Crippen molar-refractivity contribution >= 4 is 56.6 Å². The van der Waals surface area contributed by atoms with Crippen molar-refractivity contribution in [2.45, 2.75) is 134 Å². The number of benzene rings is 1. The van der Waals surface area contributed by atoms with Gasteiger partial charge in [0.1, 0.15) is 29.5 Å². The maximum atomic E-state index is 14.6. The first-order valence-corrected chi connectivity index (χ1v) is 21.1. The van der Waals surface area contributed by atoms with Gasteiger partial charge in [0.05, 0.1) is 29.3 Å². The monoisotopic (exact) mass is 859 g/mol. The third-order valence-electron chi connectivity index (χ3n) is 11.3. The van der Waals surface area contributed by atoms with E-state index < -0.39 is 99.4 Å². The standard InChI is InChI=1S/C38H49ClF3N5O10S/c1-7-21-19-37(21,32(50)46-58(52,53)57-35(6)15-16-35)45-30(48)25-17-22(55-26-18-27(54-8-2)43-28-23(26)11-9-12-24(28)39)20-47(25)31(49)29(34(3,4)5)44-33(51)56-36(13-10-14-36)38(40,41)42/h9,11-12,18,21-22,25,29H,7-8,10,13-17,19-20H2,1-6H3,(H,44,51)(H,45,48)(H,46,50)/t21-,22-,25+,29-,37-/m1/s1. The molecule has 2 aromatic rings. The molecule has 0 spiro atoms. The van der Waals surface area contributed by atoms with Crippen molar-refractivity contribution in [3.8, 4) is 11.6 Å². The number of likely N-dealkylation sites (tertiary alicyclic amines) is 1. The summed E-state index contributed by atoms with van der Waals surface area (Å²) in [6.45, 7) is 9.89. The number of rotatable bonds is 14. The Hall–Kier alpha value is -4.10. The topological polar surface area (TPSA) is 192 Å². The van der Waals surface area contributed by atoms with E-state index in [-0.39, 0.29) is 44.0 Å². The van der Waals surface area contributed by atoms with E-state index in [0.717, 1.165) is 4.90 Å². The average Bonchev–Trinajstić information content (AvgIpc) is 3.96. The van der Waals surface area contributed by atoms with Crippen molar-refractivity contribution in [2.24, 2.45) is 11.3 Å². The van der Waals surface area contributed by atoms with Crippen LogP contribution in [-0.4, -0.2) is 96.4 Å². The van der Waals surface area contributed by atoms with Crippen LogP contribution in [-0.2, 0) is 33.6 Å². The number of ether oxygens (including phenoxy) is 3. The van der Waals surface area contributed by atoms with Crippen molar-refractivity contribution in [3.63, 3.8) is 0 Å². The summed E-state index contributed by atoms with van der Waals surface area (Å²) < 4.78 is 91.6. The molecule has 0 unspecified atom stereocenters. The first-order chi connectivity index (χ1) is 27.0. The second kappa shape index (κ2) is 15.5. The third-order valence-corrected chi connectivity index (χ3v) is 12.7. The summed E-state index contributed by atoms with van der Waals surface area (Å²) in [4.78, 5) is 61.4. The van der Waals surface area contributed by atoms with Crippen LogP contribution in [0.4, 0.5) is 18.0 Å². The minimum Gasteiger partial charge on any atom is -0.488 e. The minimum absolute atomic E-state index is 0.0946. The Labute approximate surface area is 339 Å². The van der Waals surface area contributed by atoms with Crippen LogP contribution in [0.15, 0.2) is 24.3 Å². The van der Waals surface area contributed by atoms with Crippen LogP contribution in [0, 0.1) is 11.3 Å². The molecule has 3 saturated carbocycles. The smallest absolute Gasteiger partial charge is 0.428 e. The molecule has 20 heteroatoms. The molecule has 320 valence electrons. The van der Waals surface area contributed by atoms with Crippen LogP contribution in [0.1, 0.15) is 92.9 Å². The minimum atomic E-state index is -4.83. The molecule has 6 rings (SSSR count). The van der Waals surface area contributed by atoms with Gasteiger partial charge in [0.2, 0.25) is 23.3 Å². The molecule has 0 bridgehead atoms. The molecule has 5 atom stereocenters. The maximum Gasteiger partial charge on any atom is 0.428 e. The normalized spacial score (nSPS) is 25.2. The number of fused-ring (bicyclic) bond motifs is 1. The molecule has 1 aromatic carbocycles. The number of alkyl halides is 3. The van der Waals surface area contributed by atoms with Gasteiger partial charge in [-0.1, -0.05) is 51.8 Å². The number of hydrogen-bond donors (Lipinski definition) is 3. The van der Waals surface area contributed by atoms with Gasteiger partial charge in [0.15, 0.2) is 0 Å². The van der Waals surface area contributed by atoms with Crippen molar-refractivity contribution in [3.05, 3.63) is 29.3 Å². The predicted molar refractivity (Wildman–Crippen MR) is 203 cm³/mol. The fourth-order valence-electron chi connectivity index (χ4n) is 7.48. The van der Waals surface area contributed by atoms with Gasteiger partial charge in [-0.3, -0.25) is 14.4 Å². The van der Waals surface area contributed by atoms with Crippen LogP contribution in [0.25, 0.3) is 10.9 Å². The number of carbonyl (C=O) groups excluding carboxylic acids is 4. The van der Waals surface area contributed by atoms with Gasteiger partial charge in [-0.2, -0.15) is 21.6 Å². The van der Waals surface area contributed by atoms with Crippen molar-refractivity contribution in [1.29, 1.82) is 0 Å².